The van der Waals surface area contributed by atoms with Crippen molar-refractivity contribution in [2.75, 3.05) is 0 Å². The predicted octanol–water partition coefficient (Wildman–Crippen LogP) is 1.76. The van der Waals surface area contributed by atoms with Gasteiger partial charge < -0.3 is 9.42 Å². The maximum absolute atomic E-state index is 10.2. The van der Waals surface area contributed by atoms with Gasteiger partial charge in [-0.3, -0.25) is 0 Å². The summed E-state index contributed by atoms with van der Waals surface area (Å²) in [5.74, 6) is 0.432. The maximum atomic E-state index is 10.2. The molecule has 1 rings (SSSR count). The molecule has 4 heteroatoms. The quantitative estimate of drug-likeness (QED) is 0.691. The van der Waals surface area contributed by atoms with E-state index in [2.05, 4.69) is 4.52 Å². The molecule has 0 aliphatic heterocycles. The van der Waals surface area contributed by atoms with Gasteiger partial charge in [-0.2, -0.15) is 0 Å². The highest BCUT2D eigenvalue weighted by molar-refractivity contribution is 7.32. The Morgan fingerprint density at radius 3 is 2.36 bits per heavy atom. The molecule has 0 aliphatic rings. The van der Waals surface area contributed by atoms with E-state index in [4.69, 9.17) is 4.89 Å². The summed E-state index contributed by atoms with van der Waals surface area (Å²) >= 11 is 0. The van der Waals surface area contributed by atoms with Crippen molar-refractivity contribution in [2.45, 2.75) is 6.92 Å². The largest absolute Gasteiger partial charge is 0.426 e. The zero-order chi connectivity index (χ0) is 8.27. The Labute approximate surface area is 65.6 Å². The van der Waals surface area contributed by atoms with Gasteiger partial charge in [0.2, 0.25) is 0 Å². The Hall–Kier alpha value is -0.790. The molecule has 0 saturated heterocycles. The Kier molecular flexibility index (Phi) is 2.69. The average Bonchev–Trinajstić information content (AvgIpc) is 1.93. The van der Waals surface area contributed by atoms with Crippen LogP contribution in [0.5, 0.6) is 5.75 Å². The van der Waals surface area contributed by atoms with Crippen LogP contribution in [0.4, 0.5) is 0 Å². The molecule has 3 nitrogen and oxygen atoms in total. The first-order valence-electron chi connectivity index (χ1n) is 3.16. The molecule has 0 heterocycles. The lowest BCUT2D eigenvalue weighted by molar-refractivity contribution is 0.410. The lowest BCUT2D eigenvalue weighted by atomic mass is 10.2. The molecule has 0 bridgehead atoms. The maximum Gasteiger partial charge on any atom is 0.365 e. The van der Waals surface area contributed by atoms with Crippen molar-refractivity contribution in [3.05, 3.63) is 29.8 Å². The van der Waals surface area contributed by atoms with E-state index in [0.29, 0.717) is 5.75 Å². The zero-order valence-corrected chi connectivity index (χ0v) is 7.07. The van der Waals surface area contributed by atoms with Gasteiger partial charge in [0.15, 0.2) is 0 Å². The second kappa shape index (κ2) is 3.56. The molecule has 0 saturated carbocycles. The van der Waals surface area contributed by atoms with Gasteiger partial charge in [0, 0.05) is 0 Å². The normalized spacial score (nSPS) is 12.5. The fourth-order valence-electron chi connectivity index (χ4n) is 0.707. The highest BCUT2D eigenvalue weighted by Gasteiger charge is 1.94. The molecular formula is C7H9O3P. The van der Waals surface area contributed by atoms with Gasteiger partial charge >= 0.3 is 8.25 Å². The van der Waals surface area contributed by atoms with Crippen LogP contribution in [-0.4, -0.2) is 4.89 Å². The number of hydrogen-bond donors (Lipinski definition) is 1. The molecule has 0 aliphatic carbocycles. The summed E-state index contributed by atoms with van der Waals surface area (Å²) in [6.45, 7) is 1.94. The summed E-state index contributed by atoms with van der Waals surface area (Å²) < 4.78 is 14.8. The van der Waals surface area contributed by atoms with Crippen molar-refractivity contribution >= 4 is 8.25 Å². The summed E-state index contributed by atoms with van der Waals surface area (Å²) in [5, 5.41) is 0. The van der Waals surface area contributed by atoms with Crippen molar-refractivity contribution in [3.8, 4) is 5.75 Å². The molecule has 1 N–H and O–H groups in total. The van der Waals surface area contributed by atoms with E-state index in [9.17, 15) is 4.57 Å². The molecule has 1 aromatic carbocycles. The van der Waals surface area contributed by atoms with Crippen LogP contribution in [0.1, 0.15) is 5.56 Å². The second-order valence-electron chi connectivity index (χ2n) is 2.18. The molecule has 0 aromatic heterocycles. The number of rotatable bonds is 2. The van der Waals surface area contributed by atoms with Gasteiger partial charge in [-0.1, -0.05) is 17.7 Å². The molecule has 0 radical (unpaired) electrons. The third-order valence-electron chi connectivity index (χ3n) is 1.23. The molecule has 1 atom stereocenters. The third-order valence-corrected chi connectivity index (χ3v) is 1.64. The lowest BCUT2D eigenvalue weighted by Crippen LogP contribution is -1.79. The van der Waals surface area contributed by atoms with Crippen molar-refractivity contribution in [1.82, 2.24) is 0 Å². The van der Waals surface area contributed by atoms with Crippen molar-refractivity contribution in [2.24, 2.45) is 0 Å². The molecule has 0 spiro atoms. The van der Waals surface area contributed by atoms with Gasteiger partial charge in [-0.15, -0.1) is 0 Å². The fourth-order valence-corrected chi connectivity index (χ4v) is 1.04. The minimum absolute atomic E-state index is 0.432. The fraction of sp³-hybridized carbons (Fsp3) is 0.143. The summed E-state index contributed by atoms with van der Waals surface area (Å²) in [7, 11) is -2.85. The minimum Gasteiger partial charge on any atom is -0.426 e. The van der Waals surface area contributed by atoms with E-state index < -0.39 is 8.25 Å². The Bertz CT molecular complexity index is 255. The monoisotopic (exact) mass is 172 g/mol. The molecule has 0 fully saturated rings. The highest BCUT2D eigenvalue weighted by Crippen LogP contribution is 2.22. The topological polar surface area (TPSA) is 46.5 Å². The smallest absolute Gasteiger partial charge is 0.365 e. The van der Waals surface area contributed by atoms with Gasteiger partial charge in [-0.25, -0.2) is 4.57 Å². The van der Waals surface area contributed by atoms with Gasteiger partial charge in [-0.05, 0) is 19.1 Å². The molecule has 0 amide bonds. The Morgan fingerprint density at radius 2 is 1.91 bits per heavy atom. The second-order valence-corrected chi connectivity index (χ2v) is 2.92. The summed E-state index contributed by atoms with van der Waals surface area (Å²) in [5.41, 5.74) is 1.09. The molecule has 1 unspecified atom stereocenters. The van der Waals surface area contributed by atoms with Crippen LogP contribution >= 0.6 is 8.25 Å². The van der Waals surface area contributed by atoms with E-state index in [1.165, 1.54) is 0 Å². The minimum atomic E-state index is -2.85. The van der Waals surface area contributed by atoms with Crippen LogP contribution in [0, 0.1) is 6.92 Å². The first kappa shape index (κ1) is 8.31. The van der Waals surface area contributed by atoms with Crippen LogP contribution in [0.2, 0.25) is 0 Å². The van der Waals surface area contributed by atoms with Crippen LogP contribution < -0.4 is 4.52 Å². The SMILES string of the molecule is Cc1ccc(O[PH](=O)O)cc1. The predicted molar refractivity (Wildman–Crippen MR) is 43.0 cm³/mol. The molecule has 1 aromatic rings. The van der Waals surface area contributed by atoms with Crippen molar-refractivity contribution < 1.29 is 14.0 Å². The van der Waals surface area contributed by atoms with E-state index >= 15 is 0 Å². The van der Waals surface area contributed by atoms with Gasteiger partial charge in [0.25, 0.3) is 0 Å². The lowest BCUT2D eigenvalue weighted by Gasteiger charge is -2.00. The van der Waals surface area contributed by atoms with E-state index in [1.54, 1.807) is 12.1 Å². The Morgan fingerprint density at radius 1 is 1.36 bits per heavy atom. The highest BCUT2D eigenvalue weighted by atomic mass is 31.1. The first-order chi connectivity index (χ1) is 5.18. The number of hydrogen-bond acceptors (Lipinski definition) is 2. The zero-order valence-electron chi connectivity index (χ0n) is 6.07. The molecular weight excluding hydrogens is 163 g/mol. The van der Waals surface area contributed by atoms with Crippen molar-refractivity contribution in [1.29, 1.82) is 0 Å². The Balaban J connectivity index is 2.74. The third kappa shape index (κ3) is 2.74. The summed E-state index contributed by atoms with van der Waals surface area (Å²) in [4.78, 5) is 8.40. The van der Waals surface area contributed by atoms with Crippen LogP contribution in [0.3, 0.4) is 0 Å². The average molecular weight is 172 g/mol. The van der Waals surface area contributed by atoms with Gasteiger partial charge in [0.1, 0.15) is 5.75 Å². The summed E-state index contributed by atoms with van der Waals surface area (Å²) in [6.07, 6.45) is 0. The van der Waals surface area contributed by atoms with E-state index in [0.717, 1.165) is 5.56 Å². The van der Waals surface area contributed by atoms with Crippen LogP contribution in [0.15, 0.2) is 24.3 Å². The first-order valence-corrected chi connectivity index (χ1v) is 4.42. The number of aryl methyl sites for hydroxylation is 1. The van der Waals surface area contributed by atoms with Crippen molar-refractivity contribution in [3.63, 3.8) is 0 Å². The van der Waals surface area contributed by atoms with Gasteiger partial charge in [0.05, 0.1) is 0 Å². The molecule has 60 valence electrons. The summed E-state index contributed by atoms with van der Waals surface area (Å²) in [6, 6.07) is 6.96. The standard InChI is InChI=1S/C7H9O3P/c1-6-2-4-7(5-3-6)10-11(8)9/h2-5,11H,1H3,(H,8,9). The van der Waals surface area contributed by atoms with E-state index in [-0.39, 0.29) is 0 Å². The van der Waals surface area contributed by atoms with Crippen LogP contribution in [-0.2, 0) is 4.57 Å². The molecule has 11 heavy (non-hydrogen) atoms. The van der Waals surface area contributed by atoms with E-state index in [1.807, 2.05) is 19.1 Å². The van der Waals surface area contributed by atoms with Crippen LogP contribution in [0.25, 0.3) is 0 Å². The number of benzene rings is 1.